The van der Waals surface area contributed by atoms with Gasteiger partial charge in [0, 0.05) is 6.07 Å². The molecule has 0 N–H and O–H groups in total. The smallest absolute Gasteiger partial charge is 0.231 e. The van der Waals surface area contributed by atoms with Crippen LogP contribution in [0, 0.1) is 0 Å². The number of halogens is 1. The molecule has 0 spiro atoms. The van der Waals surface area contributed by atoms with Crippen LogP contribution in [-0.2, 0) is 6.61 Å². The second-order valence-corrected chi connectivity index (χ2v) is 5.13. The Labute approximate surface area is 125 Å². The van der Waals surface area contributed by atoms with Crippen molar-refractivity contribution in [3.8, 4) is 23.0 Å². The van der Waals surface area contributed by atoms with Crippen LogP contribution in [0.5, 0.6) is 23.0 Å². The summed E-state index contributed by atoms with van der Waals surface area (Å²) >= 11 is 3.46. The molecule has 4 nitrogen and oxygen atoms in total. The summed E-state index contributed by atoms with van der Waals surface area (Å²) in [6.45, 7) is 0.743. The molecule has 0 fully saturated rings. The molecule has 3 rings (SSSR count). The van der Waals surface area contributed by atoms with Crippen molar-refractivity contribution in [1.82, 2.24) is 0 Å². The molecule has 104 valence electrons. The summed E-state index contributed by atoms with van der Waals surface area (Å²) in [5, 5.41) is 0. The van der Waals surface area contributed by atoms with Crippen molar-refractivity contribution in [3.05, 3.63) is 46.4 Å². The molecule has 0 aromatic heterocycles. The summed E-state index contributed by atoms with van der Waals surface area (Å²) in [6.07, 6.45) is 0. The molecular weight excluding hydrogens is 324 g/mol. The molecule has 0 unspecified atom stereocenters. The lowest BCUT2D eigenvalue weighted by atomic mass is 10.2. The van der Waals surface area contributed by atoms with Crippen LogP contribution in [0.25, 0.3) is 0 Å². The molecule has 20 heavy (non-hydrogen) atoms. The number of fused-ring (bicyclic) bond motifs is 1. The third kappa shape index (κ3) is 2.67. The maximum atomic E-state index is 5.75. The van der Waals surface area contributed by atoms with Crippen molar-refractivity contribution >= 4 is 15.9 Å². The van der Waals surface area contributed by atoms with Gasteiger partial charge < -0.3 is 18.9 Å². The van der Waals surface area contributed by atoms with E-state index in [1.807, 2.05) is 36.4 Å². The van der Waals surface area contributed by atoms with E-state index in [1.54, 1.807) is 7.11 Å². The number of hydrogen-bond acceptors (Lipinski definition) is 4. The molecular formula is C15H13BrO4. The summed E-state index contributed by atoms with van der Waals surface area (Å²) in [5.41, 5.74) is 1.05. The summed E-state index contributed by atoms with van der Waals surface area (Å²) in [4.78, 5) is 0. The van der Waals surface area contributed by atoms with Crippen LogP contribution in [0.4, 0.5) is 0 Å². The van der Waals surface area contributed by atoms with Crippen LogP contribution in [-0.4, -0.2) is 13.9 Å². The van der Waals surface area contributed by atoms with Crippen LogP contribution in [0.1, 0.15) is 5.56 Å². The maximum absolute atomic E-state index is 5.75. The minimum atomic E-state index is 0.268. The van der Waals surface area contributed by atoms with Gasteiger partial charge in [-0.15, -0.1) is 0 Å². The Kier molecular flexibility index (Phi) is 3.69. The normalized spacial score (nSPS) is 12.3. The second kappa shape index (κ2) is 5.63. The topological polar surface area (TPSA) is 36.9 Å². The second-order valence-electron chi connectivity index (χ2n) is 4.27. The zero-order chi connectivity index (χ0) is 13.9. The quantitative estimate of drug-likeness (QED) is 0.851. The Hall–Kier alpha value is -1.88. The molecule has 0 bridgehead atoms. The van der Waals surface area contributed by atoms with E-state index in [1.165, 1.54) is 0 Å². The minimum absolute atomic E-state index is 0.268. The molecule has 0 saturated heterocycles. The number of rotatable bonds is 4. The van der Waals surface area contributed by atoms with Gasteiger partial charge in [-0.2, -0.15) is 0 Å². The third-order valence-corrected chi connectivity index (χ3v) is 3.59. The number of hydrogen-bond donors (Lipinski definition) is 0. The van der Waals surface area contributed by atoms with Gasteiger partial charge in [-0.05, 0) is 45.8 Å². The Bertz CT molecular complexity index is 627. The first-order valence-electron chi connectivity index (χ1n) is 6.11. The predicted molar refractivity (Wildman–Crippen MR) is 77.6 cm³/mol. The molecule has 1 heterocycles. The summed E-state index contributed by atoms with van der Waals surface area (Å²) < 4.78 is 22.4. The molecule has 2 aromatic rings. The zero-order valence-electron chi connectivity index (χ0n) is 10.9. The van der Waals surface area contributed by atoms with E-state index in [2.05, 4.69) is 15.9 Å². The van der Waals surface area contributed by atoms with Gasteiger partial charge in [0.1, 0.15) is 18.1 Å². The van der Waals surface area contributed by atoms with Crippen LogP contribution >= 0.6 is 15.9 Å². The fourth-order valence-electron chi connectivity index (χ4n) is 1.93. The summed E-state index contributed by atoms with van der Waals surface area (Å²) in [6, 6.07) is 11.4. The largest absolute Gasteiger partial charge is 0.496 e. The average molecular weight is 337 g/mol. The van der Waals surface area contributed by atoms with Gasteiger partial charge in [-0.25, -0.2) is 0 Å². The Morgan fingerprint density at radius 3 is 2.75 bits per heavy atom. The van der Waals surface area contributed by atoms with E-state index >= 15 is 0 Å². The van der Waals surface area contributed by atoms with Gasteiger partial charge in [0.25, 0.3) is 0 Å². The molecule has 5 heteroatoms. The molecule has 0 saturated carbocycles. The van der Waals surface area contributed by atoms with Crippen LogP contribution in [0.15, 0.2) is 40.9 Å². The molecule has 1 aliphatic heterocycles. The monoisotopic (exact) mass is 336 g/mol. The molecule has 0 radical (unpaired) electrons. The van der Waals surface area contributed by atoms with Crippen LogP contribution in [0.3, 0.4) is 0 Å². The van der Waals surface area contributed by atoms with Crippen molar-refractivity contribution in [2.45, 2.75) is 6.61 Å². The van der Waals surface area contributed by atoms with Crippen LogP contribution < -0.4 is 18.9 Å². The lowest BCUT2D eigenvalue weighted by molar-refractivity contribution is 0.173. The lowest BCUT2D eigenvalue weighted by Crippen LogP contribution is -1.96. The van der Waals surface area contributed by atoms with E-state index in [0.29, 0.717) is 6.61 Å². The van der Waals surface area contributed by atoms with Gasteiger partial charge in [0.05, 0.1) is 11.6 Å². The zero-order valence-corrected chi connectivity index (χ0v) is 12.5. The molecule has 0 aliphatic carbocycles. The Morgan fingerprint density at radius 1 is 1.10 bits per heavy atom. The maximum Gasteiger partial charge on any atom is 0.231 e. The van der Waals surface area contributed by atoms with Gasteiger partial charge in [0.15, 0.2) is 11.5 Å². The first kappa shape index (κ1) is 13.1. The van der Waals surface area contributed by atoms with E-state index in [-0.39, 0.29) is 6.79 Å². The first-order valence-corrected chi connectivity index (χ1v) is 6.90. The first-order chi connectivity index (χ1) is 9.76. The van der Waals surface area contributed by atoms with Crippen molar-refractivity contribution < 1.29 is 18.9 Å². The number of benzene rings is 2. The molecule has 0 atom stereocenters. The molecule has 1 aliphatic rings. The Morgan fingerprint density at radius 2 is 1.95 bits per heavy atom. The van der Waals surface area contributed by atoms with Crippen LogP contribution in [0.2, 0.25) is 0 Å². The fraction of sp³-hybridized carbons (Fsp3) is 0.200. The highest BCUT2D eigenvalue weighted by molar-refractivity contribution is 9.10. The molecule has 2 aromatic carbocycles. The highest BCUT2D eigenvalue weighted by Gasteiger charge is 2.13. The van der Waals surface area contributed by atoms with Gasteiger partial charge in [0.2, 0.25) is 6.79 Å². The van der Waals surface area contributed by atoms with E-state index < -0.39 is 0 Å². The van der Waals surface area contributed by atoms with Crippen molar-refractivity contribution in [2.24, 2.45) is 0 Å². The Balaban J connectivity index is 1.69. The molecule has 0 amide bonds. The summed E-state index contributed by atoms with van der Waals surface area (Å²) in [7, 11) is 1.64. The van der Waals surface area contributed by atoms with Crippen molar-refractivity contribution in [1.29, 1.82) is 0 Å². The number of ether oxygens (including phenoxy) is 4. The average Bonchev–Trinajstić information content (AvgIpc) is 2.92. The third-order valence-electron chi connectivity index (χ3n) is 2.97. The van der Waals surface area contributed by atoms with E-state index in [9.17, 15) is 0 Å². The van der Waals surface area contributed by atoms with Gasteiger partial charge in [-0.1, -0.05) is 6.07 Å². The lowest BCUT2D eigenvalue weighted by Gasteiger charge is -2.09. The summed E-state index contributed by atoms with van der Waals surface area (Å²) in [5.74, 6) is 3.03. The highest BCUT2D eigenvalue weighted by atomic mass is 79.9. The number of methoxy groups -OCH3 is 1. The SMILES string of the molecule is COc1ccc(COc2ccc3c(c2)OCO3)cc1Br. The fourth-order valence-corrected chi connectivity index (χ4v) is 2.52. The predicted octanol–water partition coefficient (Wildman–Crippen LogP) is 3.77. The minimum Gasteiger partial charge on any atom is -0.496 e. The standard InChI is InChI=1S/C15H13BrO4/c1-17-13-4-2-10(6-12(13)16)8-18-11-3-5-14-15(7-11)20-9-19-14/h2-7H,8-9H2,1H3. The van der Waals surface area contributed by atoms with Gasteiger partial charge in [-0.3, -0.25) is 0 Å². The van der Waals surface area contributed by atoms with E-state index in [0.717, 1.165) is 33.0 Å². The van der Waals surface area contributed by atoms with Crippen molar-refractivity contribution in [2.75, 3.05) is 13.9 Å². The highest BCUT2D eigenvalue weighted by Crippen LogP contribution is 2.35. The van der Waals surface area contributed by atoms with Crippen molar-refractivity contribution in [3.63, 3.8) is 0 Å². The van der Waals surface area contributed by atoms with E-state index in [4.69, 9.17) is 18.9 Å². The van der Waals surface area contributed by atoms with Gasteiger partial charge >= 0.3 is 0 Å².